The Kier molecular flexibility index (Phi) is 3.79. The van der Waals surface area contributed by atoms with E-state index in [1.54, 1.807) is 19.3 Å². The first-order chi connectivity index (χ1) is 10.7. The van der Waals surface area contributed by atoms with Crippen LogP contribution >= 0.6 is 0 Å². The Morgan fingerprint density at radius 3 is 2.59 bits per heavy atom. The van der Waals surface area contributed by atoms with Crippen LogP contribution in [0.25, 0.3) is 17.0 Å². The van der Waals surface area contributed by atoms with E-state index in [4.69, 9.17) is 9.15 Å². The lowest BCUT2D eigenvalue weighted by molar-refractivity contribution is 0.102. The minimum atomic E-state index is -0.148. The van der Waals surface area contributed by atoms with E-state index in [0.29, 0.717) is 5.76 Å². The third-order valence-corrected chi connectivity index (χ3v) is 3.46. The van der Waals surface area contributed by atoms with Crippen molar-refractivity contribution in [2.45, 2.75) is 6.92 Å². The molecule has 0 radical (unpaired) electrons. The van der Waals surface area contributed by atoms with Gasteiger partial charge in [0.05, 0.1) is 7.11 Å². The topological polar surface area (TPSA) is 39.4 Å². The highest BCUT2D eigenvalue weighted by molar-refractivity contribution is 6.07. The van der Waals surface area contributed by atoms with Crippen molar-refractivity contribution in [3.8, 4) is 5.75 Å². The Bertz CT molecular complexity index is 839. The lowest BCUT2D eigenvalue weighted by Gasteiger charge is -1.98. The number of carbonyl (C=O) groups excluding carboxylic acids is 1. The van der Waals surface area contributed by atoms with Crippen LogP contribution in [0.4, 0.5) is 0 Å². The second-order valence-electron chi connectivity index (χ2n) is 5.12. The molecular formula is C19H16O3. The molecule has 1 heterocycles. The van der Waals surface area contributed by atoms with Gasteiger partial charge in [-0.2, -0.15) is 0 Å². The highest BCUT2D eigenvalue weighted by Crippen LogP contribution is 2.21. The molecule has 0 saturated carbocycles. The smallest absolute Gasteiger partial charge is 0.221 e. The first-order valence-electron chi connectivity index (χ1n) is 7.02. The zero-order valence-electron chi connectivity index (χ0n) is 12.5. The molecule has 3 nitrogen and oxygen atoms in total. The fourth-order valence-corrected chi connectivity index (χ4v) is 2.25. The molecule has 0 N–H and O–H groups in total. The van der Waals surface area contributed by atoms with Gasteiger partial charge in [0.1, 0.15) is 11.3 Å². The number of furan rings is 1. The molecular weight excluding hydrogens is 276 g/mol. The van der Waals surface area contributed by atoms with Crippen LogP contribution in [0.1, 0.15) is 21.7 Å². The van der Waals surface area contributed by atoms with E-state index in [2.05, 4.69) is 0 Å². The lowest BCUT2D eigenvalue weighted by atomic mass is 10.1. The number of benzene rings is 2. The van der Waals surface area contributed by atoms with Crippen molar-refractivity contribution in [2.75, 3.05) is 7.11 Å². The standard InChI is InChI=1S/C19H16O3/c1-13-3-10-18-15(11-13)12-19(22-18)17(20)9-6-14-4-7-16(21-2)8-5-14/h3-12H,1-2H3. The fraction of sp³-hybridized carbons (Fsp3) is 0.105. The second-order valence-corrected chi connectivity index (χ2v) is 5.12. The van der Waals surface area contributed by atoms with Gasteiger partial charge in [0.2, 0.25) is 5.78 Å². The van der Waals surface area contributed by atoms with Gasteiger partial charge in [0.15, 0.2) is 5.76 Å². The van der Waals surface area contributed by atoms with Crippen LogP contribution in [-0.2, 0) is 0 Å². The van der Waals surface area contributed by atoms with Crippen LogP contribution in [0, 0.1) is 6.92 Å². The molecule has 22 heavy (non-hydrogen) atoms. The lowest BCUT2D eigenvalue weighted by Crippen LogP contribution is -1.90. The predicted molar refractivity (Wildman–Crippen MR) is 87.3 cm³/mol. The summed E-state index contributed by atoms with van der Waals surface area (Å²) in [6.07, 6.45) is 3.28. The molecule has 0 atom stereocenters. The first-order valence-corrected chi connectivity index (χ1v) is 7.02. The van der Waals surface area contributed by atoms with E-state index in [0.717, 1.165) is 27.8 Å². The largest absolute Gasteiger partial charge is 0.497 e. The molecule has 0 aliphatic carbocycles. The average Bonchev–Trinajstić information content (AvgIpc) is 2.96. The Labute approximate surface area is 128 Å². The number of carbonyl (C=O) groups is 1. The predicted octanol–water partition coefficient (Wildman–Crippen LogP) is 4.65. The van der Waals surface area contributed by atoms with Crippen molar-refractivity contribution in [3.63, 3.8) is 0 Å². The van der Waals surface area contributed by atoms with E-state index in [1.165, 1.54) is 6.08 Å². The zero-order chi connectivity index (χ0) is 15.5. The van der Waals surface area contributed by atoms with Crippen molar-refractivity contribution >= 4 is 22.8 Å². The van der Waals surface area contributed by atoms with Gasteiger partial charge in [0, 0.05) is 5.39 Å². The van der Waals surface area contributed by atoms with E-state index >= 15 is 0 Å². The molecule has 110 valence electrons. The van der Waals surface area contributed by atoms with Crippen molar-refractivity contribution in [1.82, 2.24) is 0 Å². The van der Waals surface area contributed by atoms with Gasteiger partial charge in [-0.25, -0.2) is 0 Å². The number of ether oxygens (including phenoxy) is 1. The quantitative estimate of drug-likeness (QED) is 0.519. The highest BCUT2D eigenvalue weighted by atomic mass is 16.5. The monoisotopic (exact) mass is 292 g/mol. The third kappa shape index (κ3) is 2.93. The molecule has 1 aromatic heterocycles. The number of hydrogen-bond donors (Lipinski definition) is 0. The van der Waals surface area contributed by atoms with Gasteiger partial charge in [0.25, 0.3) is 0 Å². The maximum atomic E-state index is 12.2. The van der Waals surface area contributed by atoms with E-state index in [-0.39, 0.29) is 5.78 Å². The molecule has 3 aromatic rings. The van der Waals surface area contributed by atoms with Crippen molar-refractivity contribution in [2.24, 2.45) is 0 Å². The second kappa shape index (κ2) is 5.90. The van der Waals surface area contributed by atoms with Crippen LogP contribution in [0.15, 0.2) is 59.0 Å². The normalized spacial score (nSPS) is 11.2. The summed E-state index contributed by atoms with van der Waals surface area (Å²) >= 11 is 0. The van der Waals surface area contributed by atoms with Crippen LogP contribution in [0.3, 0.4) is 0 Å². The summed E-state index contributed by atoms with van der Waals surface area (Å²) in [7, 11) is 1.62. The Morgan fingerprint density at radius 2 is 1.86 bits per heavy atom. The Hall–Kier alpha value is -2.81. The number of fused-ring (bicyclic) bond motifs is 1. The summed E-state index contributed by atoms with van der Waals surface area (Å²) in [6.45, 7) is 2.01. The summed E-state index contributed by atoms with van der Waals surface area (Å²) in [4.78, 5) is 12.2. The molecule has 0 aliphatic heterocycles. The number of aryl methyl sites for hydroxylation is 1. The van der Waals surface area contributed by atoms with Gasteiger partial charge < -0.3 is 9.15 Å². The minimum absolute atomic E-state index is 0.148. The molecule has 0 bridgehead atoms. The third-order valence-electron chi connectivity index (χ3n) is 3.46. The number of allylic oxidation sites excluding steroid dienone is 1. The van der Waals surface area contributed by atoms with Crippen LogP contribution in [0.2, 0.25) is 0 Å². The van der Waals surface area contributed by atoms with Crippen molar-refractivity contribution in [3.05, 3.63) is 71.5 Å². The fourth-order valence-electron chi connectivity index (χ4n) is 2.25. The number of methoxy groups -OCH3 is 1. The Balaban J connectivity index is 1.81. The van der Waals surface area contributed by atoms with E-state index < -0.39 is 0 Å². The minimum Gasteiger partial charge on any atom is -0.497 e. The number of ketones is 1. The molecule has 2 aromatic carbocycles. The SMILES string of the molecule is COc1ccc(C=CC(=O)c2cc3cc(C)ccc3o2)cc1. The van der Waals surface area contributed by atoms with E-state index in [1.807, 2.05) is 49.4 Å². The Morgan fingerprint density at radius 1 is 1.09 bits per heavy atom. The van der Waals surface area contributed by atoms with Gasteiger partial charge in [-0.05, 0) is 48.9 Å². The van der Waals surface area contributed by atoms with Gasteiger partial charge in [-0.1, -0.05) is 29.8 Å². The van der Waals surface area contributed by atoms with Gasteiger partial charge in [-0.15, -0.1) is 0 Å². The number of rotatable bonds is 4. The van der Waals surface area contributed by atoms with E-state index in [9.17, 15) is 4.79 Å². The first kappa shape index (κ1) is 14.1. The molecule has 0 unspecified atom stereocenters. The molecule has 3 rings (SSSR count). The summed E-state index contributed by atoms with van der Waals surface area (Å²) in [5, 5.41) is 0.946. The molecule has 0 saturated heterocycles. The molecule has 0 aliphatic rings. The molecule has 0 spiro atoms. The highest BCUT2D eigenvalue weighted by Gasteiger charge is 2.09. The van der Waals surface area contributed by atoms with Gasteiger partial charge >= 0.3 is 0 Å². The van der Waals surface area contributed by atoms with Gasteiger partial charge in [-0.3, -0.25) is 4.79 Å². The maximum absolute atomic E-state index is 12.2. The summed E-state index contributed by atoms with van der Waals surface area (Å²) < 4.78 is 10.7. The molecule has 3 heteroatoms. The van der Waals surface area contributed by atoms with Crippen molar-refractivity contribution < 1.29 is 13.9 Å². The summed E-state index contributed by atoms with van der Waals surface area (Å²) in [6, 6.07) is 15.1. The van der Waals surface area contributed by atoms with Crippen molar-refractivity contribution in [1.29, 1.82) is 0 Å². The van der Waals surface area contributed by atoms with Crippen LogP contribution < -0.4 is 4.74 Å². The maximum Gasteiger partial charge on any atom is 0.221 e. The molecule has 0 amide bonds. The summed E-state index contributed by atoms with van der Waals surface area (Å²) in [5.74, 6) is 0.992. The summed E-state index contributed by atoms with van der Waals surface area (Å²) in [5.41, 5.74) is 2.80. The zero-order valence-corrected chi connectivity index (χ0v) is 12.5. The molecule has 0 fully saturated rings. The van der Waals surface area contributed by atoms with Crippen LogP contribution in [-0.4, -0.2) is 12.9 Å². The average molecular weight is 292 g/mol. The van der Waals surface area contributed by atoms with Crippen LogP contribution in [0.5, 0.6) is 5.75 Å². The number of hydrogen-bond acceptors (Lipinski definition) is 3.